The summed E-state index contributed by atoms with van der Waals surface area (Å²) in [5, 5.41) is 21.0. The van der Waals surface area contributed by atoms with E-state index in [0.29, 0.717) is 17.7 Å². The summed E-state index contributed by atoms with van der Waals surface area (Å²) in [6.07, 6.45) is 7.40. The van der Waals surface area contributed by atoms with Gasteiger partial charge in [0.25, 0.3) is 0 Å². The van der Waals surface area contributed by atoms with Gasteiger partial charge in [-0.3, -0.25) is 5.10 Å². The number of nitrogens with one attached hydrogen (secondary N) is 3. The van der Waals surface area contributed by atoms with E-state index < -0.39 is 0 Å². The molecule has 1 radical (unpaired) electrons. The smallest absolute Gasteiger partial charge is 0.244 e. The minimum atomic E-state index is 0.478. The minimum absolute atomic E-state index is 0.478. The van der Waals surface area contributed by atoms with E-state index in [4.69, 9.17) is 0 Å². The molecular formula is C12H16N7. The average Bonchev–Trinajstić information content (AvgIpc) is 3.09. The second kappa shape index (κ2) is 5.21. The second-order valence-electron chi connectivity index (χ2n) is 4.55. The summed E-state index contributed by atoms with van der Waals surface area (Å²) < 4.78 is 0. The maximum atomic E-state index is 4.25. The second-order valence-corrected chi connectivity index (χ2v) is 4.55. The Morgan fingerprint density at radius 2 is 2.32 bits per heavy atom. The van der Waals surface area contributed by atoms with Crippen molar-refractivity contribution in [1.29, 1.82) is 0 Å². The lowest BCUT2D eigenvalue weighted by Crippen LogP contribution is -2.01. The van der Waals surface area contributed by atoms with E-state index in [1.165, 1.54) is 18.5 Å². The van der Waals surface area contributed by atoms with Gasteiger partial charge >= 0.3 is 0 Å². The van der Waals surface area contributed by atoms with Crippen LogP contribution in [-0.2, 0) is 0 Å². The van der Waals surface area contributed by atoms with Gasteiger partial charge in [0.05, 0.1) is 6.20 Å². The van der Waals surface area contributed by atoms with Gasteiger partial charge in [-0.2, -0.15) is 15.2 Å². The highest BCUT2D eigenvalue weighted by Gasteiger charge is 2.19. The Hall–Kier alpha value is -2.18. The largest absolute Gasteiger partial charge is 0.356 e. The van der Waals surface area contributed by atoms with Crippen molar-refractivity contribution >= 4 is 17.6 Å². The van der Waals surface area contributed by atoms with E-state index >= 15 is 0 Å². The number of hydrogen-bond donors (Lipinski definition) is 3. The molecule has 1 saturated carbocycles. The van der Waals surface area contributed by atoms with Crippen molar-refractivity contribution in [2.75, 3.05) is 17.7 Å². The molecule has 2 aromatic heterocycles. The standard InChI is InChI=1S/C12H16N7/c1-13-12-16-11(7-14-19-12)15-10-6-9(17-18-10)8-4-2-3-5-8/h2,6-8H,3-5H2,1H3,(H3,13,15,16,17,18,19)/t8-/m0/s1. The Morgan fingerprint density at radius 3 is 3.11 bits per heavy atom. The van der Waals surface area contributed by atoms with E-state index in [9.17, 15) is 0 Å². The van der Waals surface area contributed by atoms with Crippen molar-refractivity contribution in [2.45, 2.75) is 25.2 Å². The molecule has 7 nitrogen and oxygen atoms in total. The van der Waals surface area contributed by atoms with Gasteiger partial charge in [0.15, 0.2) is 11.6 Å². The molecule has 0 aliphatic heterocycles. The fraction of sp³-hybridized carbons (Fsp3) is 0.417. The van der Waals surface area contributed by atoms with Crippen molar-refractivity contribution < 1.29 is 0 Å². The fourth-order valence-corrected chi connectivity index (χ4v) is 2.25. The van der Waals surface area contributed by atoms with Crippen LogP contribution in [0.3, 0.4) is 0 Å². The van der Waals surface area contributed by atoms with Crippen LogP contribution in [0.25, 0.3) is 0 Å². The zero-order valence-electron chi connectivity index (χ0n) is 10.7. The molecule has 2 aromatic rings. The van der Waals surface area contributed by atoms with Crippen LogP contribution in [0.15, 0.2) is 12.3 Å². The molecule has 1 fully saturated rings. The molecule has 0 amide bonds. The van der Waals surface area contributed by atoms with Gasteiger partial charge in [0.1, 0.15) is 0 Å². The molecule has 2 heterocycles. The summed E-state index contributed by atoms with van der Waals surface area (Å²) in [6, 6.07) is 2.03. The van der Waals surface area contributed by atoms with Crippen molar-refractivity contribution in [1.82, 2.24) is 25.4 Å². The molecular weight excluding hydrogens is 242 g/mol. The summed E-state index contributed by atoms with van der Waals surface area (Å²) in [4.78, 5) is 4.24. The predicted octanol–water partition coefficient (Wildman–Crippen LogP) is 1.85. The molecule has 99 valence electrons. The van der Waals surface area contributed by atoms with Crippen molar-refractivity contribution in [3.05, 3.63) is 24.4 Å². The average molecular weight is 258 g/mol. The number of H-pyrrole nitrogens is 1. The number of rotatable bonds is 4. The Kier molecular flexibility index (Phi) is 3.26. The Balaban J connectivity index is 1.72. The number of hydrogen-bond acceptors (Lipinski definition) is 6. The molecule has 0 spiro atoms. The molecule has 0 unspecified atom stereocenters. The van der Waals surface area contributed by atoms with Gasteiger partial charge in [-0.1, -0.05) is 0 Å². The molecule has 1 atom stereocenters. The fourth-order valence-electron chi connectivity index (χ4n) is 2.25. The molecule has 1 aliphatic rings. The third-order valence-electron chi connectivity index (χ3n) is 3.25. The van der Waals surface area contributed by atoms with Crippen LogP contribution in [0, 0.1) is 6.42 Å². The van der Waals surface area contributed by atoms with Crippen LogP contribution >= 0.6 is 0 Å². The molecule has 7 heteroatoms. The molecule has 19 heavy (non-hydrogen) atoms. The monoisotopic (exact) mass is 258 g/mol. The van der Waals surface area contributed by atoms with Gasteiger partial charge in [-0.15, -0.1) is 5.10 Å². The van der Waals surface area contributed by atoms with Gasteiger partial charge in [0.2, 0.25) is 5.95 Å². The van der Waals surface area contributed by atoms with Crippen molar-refractivity contribution in [2.24, 2.45) is 0 Å². The Bertz CT molecular complexity index is 545. The normalized spacial score (nSPS) is 15.6. The van der Waals surface area contributed by atoms with E-state index in [1.807, 2.05) is 6.07 Å². The van der Waals surface area contributed by atoms with E-state index in [-0.39, 0.29) is 0 Å². The molecule has 0 aromatic carbocycles. The highest BCUT2D eigenvalue weighted by Crippen LogP contribution is 2.33. The summed E-state index contributed by atoms with van der Waals surface area (Å²) in [7, 11) is 1.75. The van der Waals surface area contributed by atoms with Crippen LogP contribution in [-0.4, -0.2) is 32.4 Å². The lowest BCUT2D eigenvalue weighted by molar-refractivity contribution is 0.699. The SMILES string of the molecule is CNc1nncc(Nc2cc([C@H]3C[CH]CC3)[nH]n2)n1. The third-order valence-corrected chi connectivity index (χ3v) is 3.25. The number of aromatic nitrogens is 5. The van der Waals surface area contributed by atoms with Crippen LogP contribution in [0.2, 0.25) is 0 Å². The van der Waals surface area contributed by atoms with E-state index in [0.717, 1.165) is 12.2 Å². The summed E-state index contributed by atoms with van der Waals surface area (Å²) in [6.45, 7) is 0. The van der Waals surface area contributed by atoms with Crippen molar-refractivity contribution in [3.63, 3.8) is 0 Å². The number of nitrogens with zero attached hydrogens (tertiary/aromatic N) is 4. The lowest BCUT2D eigenvalue weighted by Gasteiger charge is -2.04. The van der Waals surface area contributed by atoms with Crippen molar-refractivity contribution in [3.8, 4) is 0 Å². The summed E-state index contributed by atoms with van der Waals surface area (Å²) in [5.41, 5.74) is 1.17. The Labute approximate surface area is 111 Å². The number of anilines is 3. The number of aromatic amines is 1. The van der Waals surface area contributed by atoms with E-state index in [1.54, 1.807) is 13.2 Å². The zero-order valence-corrected chi connectivity index (χ0v) is 10.7. The van der Waals surface area contributed by atoms with Crippen LogP contribution in [0.1, 0.15) is 30.9 Å². The Morgan fingerprint density at radius 1 is 1.37 bits per heavy atom. The van der Waals surface area contributed by atoms with Gasteiger partial charge in [0, 0.05) is 24.7 Å². The predicted molar refractivity (Wildman–Crippen MR) is 72.1 cm³/mol. The molecule has 0 saturated heterocycles. The van der Waals surface area contributed by atoms with Gasteiger partial charge in [-0.05, 0) is 25.7 Å². The molecule has 3 rings (SSSR count). The minimum Gasteiger partial charge on any atom is -0.356 e. The quantitative estimate of drug-likeness (QED) is 0.775. The first kappa shape index (κ1) is 11.9. The van der Waals surface area contributed by atoms with Crippen LogP contribution in [0.5, 0.6) is 0 Å². The first-order chi connectivity index (χ1) is 9.35. The van der Waals surface area contributed by atoms with Gasteiger partial charge in [-0.25, -0.2) is 0 Å². The van der Waals surface area contributed by atoms with E-state index in [2.05, 4.69) is 42.4 Å². The zero-order chi connectivity index (χ0) is 13.1. The van der Waals surface area contributed by atoms with Gasteiger partial charge < -0.3 is 10.6 Å². The van der Waals surface area contributed by atoms with Crippen LogP contribution < -0.4 is 10.6 Å². The molecule has 3 N–H and O–H groups in total. The summed E-state index contributed by atoms with van der Waals surface area (Å²) >= 11 is 0. The topological polar surface area (TPSA) is 91.4 Å². The van der Waals surface area contributed by atoms with Crippen LogP contribution in [0.4, 0.5) is 17.6 Å². The lowest BCUT2D eigenvalue weighted by atomic mass is 10.0. The first-order valence-electron chi connectivity index (χ1n) is 6.36. The highest BCUT2D eigenvalue weighted by atomic mass is 15.3. The molecule has 0 bridgehead atoms. The first-order valence-corrected chi connectivity index (χ1v) is 6.36. The molecule has 1 aliphatic carbocycles. The maximum absolute atomic E-state index is 4.25. The maximum Gasteiger partial charge on any atom is 0.244 e. The third kappa shape index (κ3) is 2.64. The summed E-state index contributed by atoms with van der Waals surface area (Å²) in [5.74, 6) is 2.42. The highest BCUT2D eigenvalue weighted by molar-refractivity contribution is 5.52.